The second kappa shape index (κ2) is 8.14. The Morgan fingerprint density at radius 2 is 2.04 bits per heavy atom. The van der Waals surface area contributed by atoms with Gasteiger partial charge in [0.05, 0.1) is 12.4 Å². The zero-order valence-corrected chi connectivity index (χ0v) is 12.9. The quantitative estimate of drug-likeness (QED) is 0.731. The molecule has 1 unspecified atom stereocenters. The average molecular weight is 316 g/mol. The predicted molar refractivity (Wildman–Crippen MR) is 86.4 cm³/mol. The maximum Gasteiger partial charge on any atom is 0.291 e. The van der Waals surface area contributed by atoms with E-state index >= 15 is 0 Å². The van der Waals surface area contributed by atoms with Gasteiger partial charge in [0.25, 0.3) is 11.8 Å². The first kappa shape index (κ1) is 16.8. The van der Waals surface area contributed by atoms with Gasteiger partial charge in [-0.3, -0.25) is 9.59 Å². The van der Waals surface area contributed by atoms with E-state index in [2.05, 4.69) is 10.6 Å². The zero-order chi connectivity index (χ0) is 16.7. The van der Waals surface area contributed by atoms with Gasteiger partial charge in [0.1, 0.15) is 0 Å². The molecule has 122 valence electrons. The Bertz CT molecular complexity index is 652. The normalized spacial score (nSPS) is 11.7. The van der Waals surface area contributed by atoms with Gasteiger partial charge in [-0.15, -0.1) is 0 Å². The third-order valence-corrected chi connectivity index (χ3v) is 3.25. The largest absolute Gasteiger partial charge is 0.459 e. The third kappa shape index (κ3) is 4.96. The lowest BCUT2D eigenvalue weighted by molar-refractivity contribution is 0.0909. The summed E-state index contributed by atoms with van der Waals surface area (Å²) in [6, 6.07) is 9.76. The number of nitrogens with one attached hydrogen (secondary N) is 2. The maximum absolute atomic E-state index is 12.1. The minimum absolute atomic E-state index is 0.197. The van der Waals surface area contributed by atoms with Crippen molar-refractivity contribution in [2.45, 2.75) is 25.9 Å². The van der Waals surface area contributed by atoms with Gasteiger partial charge in [-0.05, 0) is 36.8 Å². The minimum atomic E-state index is -0.550. The predicted octanol–water partition coefficient (Wildman–Crippen LogP) is 2.42. The number of carbonyl (C=O) groups excluding carboxylic acids is 2. The number of carbonyl (C=O) groups is 2. The number of rotatable bonds is 7. The van der Waals surface area contributed by atoms with Crippen LogP contribution in [0.4, 0.5) is 5.69 Å². The van der Waals surface area contributed by atoms with Crippen molar-refractivity contribution in [2.24, 2.45) is 0 Å². The third-order valence-electron chi connectivity index (χ3n) is 3.25. The second-order valence-electron chi connectivity index (χ2n) is 5.16. The number of aliphatic hydroxyl groups excluding tert-OH is 1. The van der Waals surface area contributed by atoms with Crippen molar-refractivity contribution >= 4 is 17.5 Å². The number of benzene rings is 1. The van der Waals surface area contributed by atoms with Crippen molar-refractivity contribution < 1.29 is 19.1 Å². The van der Waals surface area contributed by atoms with E-state index < -0.39 is 6.10 Å². The van der Waals surface area contributed by atoms with Gasteiger partial charge in [-0.25, -0.2) is 0 Å². The first-order chi connectivity index (χ1) is 11.1. The van der Waals surface area contributed by atoms with Crippen molar-refractivity contribution in [3.8, 4) is 0 Å². The highest BCUT2D eigenvalue weighted by molar-refractivity contribution is 6.03. The SMILES string of the molecule is CCCC(O)CNC(=O)c1cccc(NC(=O)c2ccco2)c1. The van der Waals surface area contributed by atoms with Crippen LogP contribution < -0.4 is 10.6 Å². The molecule has 1 aromatic carbocycles. The molecule has 1 atom stereocenters. The lowest BCUT2D eigenvalue weighted by Crippen LogP contribution is -2.32. The van der Waals surface area contributed by atoms with Crippen LogP contribution >= 0.6 is 0 Å². The van der Waals surface area contributed by atoms with E-state index in [4.69, 9.17) is 4.42 Å². The summed E-state index contributed by atoms with van der Waals surface area (Å²) in [7, 11) is 0. The van der Waals surface area contributed by atoms with Crippen molar-refractivity contribution in [1.82, 2.24) is 5.32 Å². The molecule has 0 saturated heterocycles. The van der Waals surface area contributed by atoms with E-state index in [1.54, 1.807) is 36.4 Å². The summed E-state index contributed by atoms with van der Waals surface area (Å²) in [6.07, 6.45) is 2.36. The van der Waals surface area contributed by atoms with Gasteiger partial charge in [-0.2, -0.15) is 0 Å². The lowest BCUT2D eigenvalue weighted by Gasteiger charge is -2.11. The Morgan fingerprint density at radius 1 is 1.22 bits per heavy atom. The van der Waals surface area contributed by atoms with Crippen LogP contribution in [0.2, 0.25) is 0 Å². The van der Waals surface area contributed by atoms with Gasteiger partial charge < -0.3 is 20.2 Å². The van der Waals surface area contributed by atoms with Crippen LogP contribution in [-0.4, -0.2) is 29.6 Å². The molecule has 2 aromatic rings. The van der Waals surface area contributed by atoms with Gasteiger partial charge >= 0.3 is 0 Å². The molecule has 0 bridgehead atoms. The van der Waals surface area contributed by atoms with E-state index in [0.29, 0.717) is 17.7 Å². The van der Waals surface area contributed by atoms with Crippen molar-refractivity contribution in [3.05, 3.63) is 54.0 Å². The molecule has 1 heterocycles. The summed E-state index contributed by atoms with van der Waals surface area (Å²) in [6.45, 7) is 2.17. The molecule has 23 heavy (non-hydrogen) atoms. The van der Waals surface area contributed by atoms with Gasteiger partial charge in [0.15, 0.2) is 5.76 Å². The molecular weight excluding hydrogens is 296 g/mol. The number of amides is 2. The molecule has 0 aliphatic carbocycles. The van der Waals surface area contributed by atoms with Crippen LogP contribution in [-0.2, 0) is 0 Å². The highest BCUT2D eigenvalue weighted by Crippen LogP contribution is 2.13. The minimum Gasteiger partial charge on any atom is -0.459 e. The molecule has 2 amide bonds. The Kier molecular flexibility index (Phi) is 5.94. The fourth-order valence-electron chi connectivity index (χ4n) is 2.09. The summed E-state index contributed by atoms with van der Waals surface area (Å²) in [5.41, 5.74) is 0.902. The Balaban J connectivity index is 1.96. The first-order valence-electron chi connectivity index (χ1n) is 7.51. The van der Waals surface area contributed by atoms with Crippen LogP contribution in [0, 0.1) is 0 Å². The number of aliphatic hydroxyl groups is 1. The van der Waals surface area contributed by atoms with Crippen LogP contribution in [0.3, 0.4) is 0 Å². The van der Waals surface area contributed by atoms with Crippen LogP contribution in [0.15, 0.2) is 47.1 Å². The monoisotopic (exact) mass is 316 g/mol. The van der Waals surface area contributed by atoms with Crippen molar-refractivity contribution in [2.75, 3.05) is 11.9 Å². The standard InChI is InChI=1S/C17H20N2O4/c1-2-5-14(20)11-18-16(21)12-6-3-7-13(10-12)19-17(22)15-8-4-9-23-15/h3-4,6-10,14,20H,2,5,11H2,1H3,(H,18,21)(H,19,22). The van der Waals surface area contributed by atoms with E-state index in [9.17, 15) is 14.7 Å². The highest BCUT2D eigenvalue weighted by Gasteiger charge is 2.12. The average Bonchev–Trinajstić information content (AvgIpc) is 3.08. The Hall–Kier alpha value is -2.60. The van der Waals surface area contributed by atoms with E-state index in [1.165, 1.54) is 6.26 Å². The van der Waals surface area contributed by atoms with Crippen molar-refractivity contribution in [3.63, 3.8) is 0 Å². The number of hydrogen-bond acceptors (Lipinski definition) is 4. The molecule has 0 aliphatic rings. The molecule has 0 fully saturated rings. The molecule has 6 heteroatoms. The number of anilines is 1. The molecule has 0 saturated carbocycles. The molecule has 0 aliphatic heterocycles. The molecule has 1 aromatic heterocycles. The van der Waals surface area contributed by atoms with Gasteiger partial charge in [-0.1, -0.05) is 19.4 Å². The molecule has 3 N–H and O–H groups in total. The van der Waals surface area contributed by atoms with Crippen molar-refractivity contribution in [1.29, 1.82) is 0 Å². The zero-order valence-electron chi connectivity index (χ0n) is 12.9. The Labute approximate surface area is 134 Å². The summed E-state index contributed by atoms with van der Waals surface area (Å²) in [4.78, 5) is 24.0. The molecule has 0 radical (unpaired) electrons. The summed E-state index contributed by atoms with van der Waals surface area (Å²) < 4.78 is 5.01. The fraction of sp³-hybridized carbons (Fsp3) is 0.294. The summed E-state index contributed by atoms with van der Waals surface area (Å²) in [5.74, 6) is -0.484. The topological polar surface area (TPSA) is 91.6 Å². The number of furan rings is 1. The molecular formula is C17H20N2O4. The van der Waals surface area contributed by atoms with Crippen LogP contribution in [0.1, 0.15) is 40.7 Å². The van der Waals surface area contributed by atoms with Crippen LogP contribution in [0.25, 0.3) is 0 Å². The summed E-state index contributed by atoms with van der Waals surface area (Å²) in [5, 5.41) is 15.0. The van der Waals surface area contributed by atoms with Gasteiger partial charge in [0, 0.05) is 17.8 Å². The molecule has 2 rings (SSSR count). The number of hydrogen-bond donors (Lipinski definition) is 3. The smallest absolute Gasteiger partial charge is 0.291 e. The fourth-order valence-corrected chi connectivity index (χ4v) is 2.09. The molecule has 6 nitrogen and oxygen atoms in total. The van der Waals surface area contributed by atoms with E-state index in [1.807, 2.05) is 6.92 Å². The van der Waals surface area contributed by atoms with Crippen LogP contribution in [0.5, 0.6) is 0 Å². The van der Waals surface area contributed by atoms with E-state index in [-0.39, 0.29) is 24.1 Å². The lowest BCUT2D eigenvalue weighted by atomic mass is 10.1. The van der Waals surface area contributed by atoms with Gasteiger partial charge in [0.2, 0.25) is 0 Å². The second-order valence-corrected chi connectivity index (χ2v) is 5.16. The Morgan fingerprint density at radius 3 is 2.74 bits per heavy atom. The highest BCUT2D eigenvalue weighted by atomic mass is 16.3. The first-order valence-corrected chi connectivity index (χ1v) is 7.51. The van der Waals surface area contributed by atoms with E-state index in [0.717, 1.165) is 6.42 Å². The maximum atomic E-state index is 12.1. The molecule has 0 spiro atoms. The summed E-state index contributed by atoms with van der Waals surface area (Å²) >= 11 is 0.